The smallest absolute Gasteiger partial charge is 0.303 e. The first-order valence-electron chi connectivity index (χ1n) is 5.96. The Morgan fingerprint density at radius 3 is 2.95 bits per heavy atom. The second-order valence-corrected chi connectivity index (χ2v) is 4.12. The van der Waals surface area contributed by atoms with Crippen molar-refractivity contribution in [3.05, 3.63) is 30.2 Å². The molecule has 0 spiro atoms. The van der Waals surface area contributed by atoms with Crippen LogP contribution in [0.15, 0.2) is 24.7 Å². The lowest BCUT2D eigenvalue weighted by molar-refractivity contribution is -0.137. The van der Waals surface area contributed by atoms with Gasteiger partial charge in [-0.25, -0.2) is 0 Å². The molecule has 100 valence electrons. The van der Waals surface area contributed by atoms with Crippen molar-refractivity contribution < 1.29 is 14.7 Å². The molecule has 7 heteroatoms. The van der Waals surface area contributed by atoms with Gasteiger partial charge in [-0.1, -0.05) is 0 Å². The van der Waals surface area contributed by atoms with E-state index >= 15 is 0 Å². The van der Waals surface area contributed by atoms with Crippen molar-refractivity contribution >= 4 is 17.5 Å². The number of aromatic nitrogens is 3. The minimum absolute atomic E-state index is 0.128. The van der Waals surface area contributed by atoms with Gasteiger partial charge in [0.15, 0.2) is 5.65 Å². The third-order valence-electron chi connectivity index (χ3n) is 2.66. The Bertz CT molecular complexity index is 593. The van der Waals surface area contributed by atoms with Gasteiger partial charge in [-0.05, 0) is 25.0 Å². The van der Waals surface area contributed by atoms with E-state index in [1.807, 2.05) is 0 Å². The second kappa shape index (κ2) is 5.94. The van der Waals surface area contributed by atoms with Crippen LogP contribution < -0.4 is 5.32 Å². The molecule has 1 amide bonds. The Kier molecular flexibility index (Phi) is 4.07. The van der Waals surface area contributed by atoms with E-state index in [0.717, 1.165) is 0 Å². The van der Waals surface area contributed by atoms with Crippen LogP contribution in [0, 0.1) is 0 Å². The monoisotopic (exact) mass is 262 g/mol. The van der Waals surface area contributed by atoms with E-state index in [0.29, 0.717) is 30.6 Å². The zero-order chi connectivity index (χ0) is 13.7. The molecule has 0 fully saturated rings. The first-order valence-corrected chi connectivity index (χ1v) is 5.96. The van der Waals surface area contributed by atoms with E-state index in [1.165, 1.54) is 6.33 Å². The van der Waals surface area contributed by atoms with Gasteiger partial charge in [0, 0.05) is 19.2 Å². The number of hydrogen-bond donors (Lipinski definition) is 2. The van der Waals surface area contributed by atoms with Crippen LogP contribution >= 0.6 is 0 Å². The van der Waals surface area contributed by atoms with Crippen molar-refractivity contribution in [1.82, 2.24) is 19.9 Å². The Morgan fingerprint density at radius 2 is 2.16 bits per heavy atom. The number of fused-ring (bicyclic) bond motifs is 1. The van der Waals surface area contributed by atoms with Gasteiger partial charge >= 0.3 is 5.97 Å². The fourth-order valence-corrected chi connectivity index (χ4v) is 1.67. The number of nitrogens with one attached hydrogen (secondary N) is 1. The van der Waals surface area contributed by atoms with E-state index in [4.69, 9.17) is 5.11 Å². The van der Waals surface area contributed by atoms with Gasteiger partial charge in [0.2, 0.25) is 0 Å². The topological polar surface area (TPSA) is 96.6 Å². The zero-order valence-corrected chi connectivity index (χ0v) is 10.2. The molecule has 0 saturated heterocycles. The third kappa shape index (κ3) is 3.51. The van der Waals surface area contributed by atoms with Crippen molar-refractivity contribution in [1.29, 1.82) is 0 Å². The molecule has 19 heavy (non-hydrogen) atoms. The minimum atomic E-state index is -0.815. The number of aliphatic carboxylic acids is 1. The van der Waals surface area contributed by atoms with Crippen molar-refractivity contribution in [2.45, 2.75) is 19.3 Å². The fraction of sp³-hybridized carbons (Fsp3) is 0.333. The molecule has 0 atom stereocenters. The summed E-state index contributed by atoms with van der Waals surface area (Å²) in [5.74, 6) is -1.00. The lowest BCUT2D eigenvalue weighted by Crippen LogP contribution is -2.24. The average Bonchev–Trinajstić information content (AvgIpc) is 2.84. The maximum Gasteiger partial charge on any atom is 0.303 e. The molecule has 0 radical (unpaired) electrons. The molecule has 0 aliphatic heterocycles. The van der Waals surface area contributed by atoms with Crippen molar-refractivity contribution in [3.8, 4) is 0 Å². The molecule has 2 aromatic rings. The summed E-state index contributed by atoms with van der Waals surface area (Å²) in [6.45, 7) is 0.465. The number of carbonyl (C=O) groups excluding carboxylic acids is 1. The lowest BCUT2D eigenvalue weighted by atomic mass is 10.2. The number of unbranched alkanes of at least 4 members (excludes halogenated alkanes) is 1. The molecule has 2 aromatic heterocycles. The van der Waals surface area contributed by atoms with E-state index in [9.17, 15) is 9.59 Å². The number of carboxylic acid groups (broad SMARTS) is 1. The summed E-state index contributed by atoms with van der Waals surface area (Å²) in [5, 5.41) is 18.8. The Labute approximate surface area is 109 Å². The second-order valence-electron chi connectivity index (χ2n) is 4.12. The van der Waals surface area contributed by atoms with Gasteiger partial charge in [-0.15, -0.1) is 10.2 Å². The maximum atomic E-state index is 11.8. The van der Waals surface area contributed by atoms with Crippen LogP contribution in [0.4, 0.5) is 0 Å². The molecular formula is C12H14N4O3. The van der Waals surface area contributed by atoms with Gasteiger partial charge < -0.3 is 10.4 Å². The molecule has 0 aliphatic rings. The van der Waals surface area contributed by atoms with Gasteiger partial charge in [-0.2, -0.15) is 0 Å². The molecule has 7 nitrogen and oxygen atoms in total. The minimum Gasteiger partial charge on any atom is -0.481 e. The highest BCUT2D eigenvalue weighted by Gasteiger charge is 2.06. The molecule has 2 rings (SSSR count). The zero-order valence-electron chi connectivity index (χ0n) is 10.2. The van der Waals surface area contributed by atoms with Crippen LogP contribution in [0.25, 0.3) is 5.65 Å². The van der Waals surface area contributed by atoms with E-state index in [-0.39, 0.29) is 12.3 Å². The van der Waals surface area contributed by atoms with Crippen molar-refractivity contribution in [3.63, 3.8) is 0 Å². The maximum absolute atomic E-state index is 11.8. The normalized spacial score (nSPS) is 10.5. The van der Waals surface area contributed by atoms with Crippen molar-refractivity contribution in [2.24, 2.45) is 0 Å². The van der Waals surface area contributed by atoms with Crippen LogP contribution in [0.5, 0.6) is 0 Å². The standard InChI is InChI=1S/C12H14N4O3/c17-11(18)3-1-2-6-13-12(19)9-4-5-10-15-14-8-16(10)7-9/h4-5,7-8H,1-3,6H2,(H,13,19)(H,17,18). The van der Waals surface area contributed by atoms with Gasteiger partial charge in [0.05, 0.1) is 5.56 Å². The lowest BCUT2D eigenvalue weighted by Gasteiger charge is -2.04. The van der Waals surface area contributed by atoms with Crippen LogP contribution in [-0.2, 0) is 4.79 Å². The summed E-state index contributed by atoms with van der Waals surface area (Å²) in [6, 6.07) is 3.39. The number of hydrogen-bond acceptors (Lipinski definition) is 4. The highest BCUT2D eigenvalue weighted by molar-refractivity contribution is 5.94. The molecule has 0 aliphatic carbocycles. The highest BCUT2D eigenvalue weighted by atomic mass is 16.4. The number of carboxylic acids is 1. The predicted octanol–water partition coefficient (Wildman–Crippen LogP) is 0.714. The van der Waals surface area contributed by atoms with Gasteiger partial charge in [0.25, 0.3) is 5.91 Å². The molecule has 0 saturated carbocycles. The van der Waals surface area contributed by atoms with Crippen LogP contribution in [0.1, 0.15) is 29.6 Å². The molecule has 0 bridgehead atoms. The van der Waals surface area contributed by atoms with Crippen molar-refractivity contribution in [2.75, 3.05) is 6.54 Å². The number of nitrogens with zero attached hydrogens (tertiary/aromatic N) is 3. The SMILES string of the molecule is O=C(O)CCCCNC(=O)c1ccc2nncn2c1. The highest BCUT2D eigenvalue weighted by Crippen LogP contribution is 2.03. The average molecular weight is 262 g/mol. The molecule has 0 aromatic carbocycles. The number of pyridine rings is 1. The summed E-state index contributed by atoms with van der Waals surface area (Å²) in [5.41, 5.74) is 1.20. The largest absolute Gasteiger partial charge is 0.481 e. The first kappa shape index (κ1) is 13.0. The summed E-state index contributed by atoms with van der Waals surface area (Å²) >= 11 is 0. The quantitative estimate of drug-likeness (QED) is 0.747. The summed E-state index contributed by atoms with van der Waals surface area (Å²) in [7, 11) is 0. The number of rotatable bonds is 6. The molecular weight excluding hydrogens is 248 g/mol. The van der Waals surface area contributed by atoms with E-state index in [2.05, 4.69) is 15.5 Å². The van der Waals surface area contributed by atoms with Gasteiger partial charge in [-0.3, -0.25) is 14.0 Å². The first-order chi connectivity index (χ1) is 9.16. The predicted molar refractivity (Wildman–Crippen MR) is 66.8 cm³/mol. The number of carbonyl (C=O) groups is 2. The molecule has 2 N–H and O–H groups in total. The molecule has 0 unspecified atom stereocenters. The third-order valence-corrected chi connectivity index (χ3v) is 2.66. The van der Waals surface area contributed by atoms with Crippen LogP contribution in [-0.4, -0.2) is 38.1 Å². The number of amides is 1. The molecule has 2 heterocycles. The summed E-state index contributed by atoms with van der Waals surface area (Å²) in [6.07, 6.45) is 4.51. The van der Waals surface area contributed by atoms with Crippen LogP contribution in [0.3, 0.4) is 0 Å². The Morgan fingerprint density at radius 1 is 1.32 bits per heavy atom. The van der Waals surface area contributed by atoms with Gasteiger partial charge in [0.1, 0.15) is 6.33 Å². The summed E-state index contributed by atoms with van der Waals surface area (Å²) < 4.78 is 1.67. The van der Waals surface area contributed by atoms with Crippen LogP contribution in [0.2, 0.25) is 0 Å². The fourth-order valence-electron chi connectivity index (χ4n) is 1.67. The Balaban J connectivity index is 1.84. The Hall–Kier alpha value is -2.44. The van der Waals surface area contributed by atoms with E-state index in [1.54, 1.807) is 22.7 Å². The summed E-state index contributed by atoms with van der Waals surface area (Å²) in [4.78, 5) is 22.1. The van der Waals surface area contributed by atoms with E-state index < -0.39 is 5.97 Å².